The zero-order chi connectivity index (χ0) is 28.4. The second kappa shape index (κ2) is 11.4. The minimum absolute atomic E-state index is 0.00238. The molecule has 0 spiro atoms. The van der Waals surface area contributed by atoms with Crippen molar-refractivity contribution in [3.63, 3.8) is 0 Å². The van der Waals surface area contributed by atoms with E-state index in [-0.39, 0.29) is 16.7 Å². The number of aromatic hydroxyl groups is 1. The average Bonchev–Trinajstić information content (AvgIpc) is 2.79. The Morgan fingerprint density at radius 3 is 1.82 bits per heavy atom. The van der Waals surface area contributed by atoms with Gasteiger partial charge >= 0.3 is 0 Å². The summed E-state index contributed by atoms with van der Waals surface area (Å²) in [5.74, 6) is 1.01. The van der Waals surface area contributed by atoms with Crippen molar-refractivity contribution in [3.05, 3.63) is 81.9 Å². The first-order valence-electron chi connectivity index (χ1n) is 13.9. The first-order valence-corrected chi connectivity index (χ1v) is 13.9. The molecule has 204 valence electrons. The van der Waals surface area contributed by atoms with Gasteiger partial charge in [0.25, 0.3) is 0 Å². The van der Waals surface area contributed by atoms with Crippen molar-refractivity contribution in [2.75, 3.05) is 5.32 Å². The lowest BCUT2D eigenvalue weighted by atomic mass is 9.78. The first kappa shape index (κ1) is 29.5. The molecule has 0 aromatic heterocycles. The minimum Gasteiger partial charge on any atom is -0.507 e. The van der Waals surface area contributed by atoms with E-state index in [0.29, 0.717) is 24.5 Å². The molecule has 38 heavy (non-hydrogen) atoms. The summed E-state index contributed by atoms with van der Waals surface area (Å²) in [5.41, 5.74) is 9.56. The van der Waals surface area contributed by atoms with E-state index in [1.165, 1.54) is 16.7 Å². The molecule has 0 bridgehead atoms. The molecular formula is C35H47NO2. The van der Waals surface area contributed by atoms with E-state index in [9.17, 15) is 9.90 Å². The minimum atomic E-state index is -0.186. The molecule has 0 unspecified atom stereocenters. The number of phenolic OH excluding ortho intramolecular Hbond substituents is 1. The van der Waals surface area contributed by atoms with Gasteiger partial charge in [-0.25, -0.2) is 0 Å². The Kier molecular flexibility index (Phi) is 8.81. The second-order valence-corrected chi connectivity index (χ2v) is 13.4. The maximum atomic E-state index is 12.9. The van der Waals surface area contributed by atoms with Gasteiger partial charge in [-0.2, -0.15) is 0 Å². The van der Waals surface area contributed by atoms with Crippen LogP contribution in [0.25, 0.3) is 11.1 Å². The SMILES string of the molecule is Cc1cc(-c2ccc(NC(=O)CCc3cc(C(C)(C)C)c(O)c(C(C)(C)C)c3)c(C)c2)ccc1CC(C)C. The second-order valence-electron chi connectivity index (χ2n) is 13.4. The number of amides is 1. The first-order chi connectivity index (χ1) is 17.6. The molecule has 3 aromatic rings. The molecule has 0 saturated heterocycles. The summed E-state index contributed by atoms with van der Waals surface area (Å²) in [7, 11) is 0. The van der Waals surface area contributed by atoms with E-state index in [1.807, 2.05) is 13.0 Å². The molecule has 3 rings (SSSR count). The number of hydrogen-bond acceptors (Lipinski definition) is 2. The Balaban J connectivity index is 1.73. The van der Waals surface area contributed by atoms with E-state index in [0.717, 1.165) is 39.9 Å². The van der Waals surface area contributed by atoms with Crippen LogP contribution < -0.4 is 5.32 Å². The topological polar surface area (TPSA) is 49.3 Å². The van der Waals surface area contributed by atoms with Crippen LogP contribution in [-0.2, 0) is 28.5 Å². The van der Waals surface area contributed by atoms with Crippen molar-refractivity contribution in [2.45, 2.75) is 99.3 Å². The van der Waals surface area contributed by atoms with E-state index in [1.54, 1.807) is 0 Å². The Bertz CT molecular complexity index is 1270. The van der Waals surface area contributed by atoms with Crippen molar-refractivity contribution in [3.8, 4) is 16.9 Å². The smallest absolute Gasteiger partial charge is 0.224 e. The molecule has 3 heteroatoms. The fraction of sp³-hybridized carbons (Fsp3) is 0.457. The molecule has 0 aliphatic heterocycles. The third-order valence-corrected chi connectivity index (χ3v) is 7.23. The average molecular weight is 514 g/mol. The standard InChI is InChI=1S/C35H47NO2/c1-22(2)17-26-12-13-27(18-23(26)3)28-14-15-31(24(4)19-28)36-32(37)16-11-25-20-29(34(5,6)7)33(38)30(21-25)35(8,9)10/h12-15,18-22,38H,11,16-17H2,1-10H3,(H,36,37). The van der Waals surface area contributed by atoms with Crippen molar-refractivity contribution in [2.24, 2.45) is 5.92 Å². The quantitative estimate of drug-likeness (QED) is 0.331. The number of nitrogens with one attached hydrogen (secondary N) is 1. The molecule has 0 radical (unpaired) electrons. The highest BCUT2D eigenvalue weighted by atomic mass is 16.3. The largest absolute Gasteiger partial charge is 0.507 e. The highest BCUT2D eigenvalue weighted by Gasteiger charge is 2.26. The molecule has 2 N–H and O–H groups in total. The van der Waals surface area contributed by atoms with Crippen molar-refractivity contribution in [1.29, 1.82) is 0 Å². The van der Waals surface area contributed by atoms with Gasteiger partial charge in [0.05, 0.1) is 0 Å². The van der Waals surface area contributed by atoms with Crippen LogP contribution in [0.5, 0.6) is 5.75 Å². The Morgan fingerprint density at radius 1 is 0.816 bits per heavy atom. The molecule has 3 nitrogen and oxygen atoms in total. The zero-order valence-electron chi connectivity index (χ0n) is 25.2. The van der Waals surface area contributed by atoms with E-state index in [4.69, 9.17) is 0 Å². The van der Waals surface area contributed by atoms with Crippen LogP contribution >= 0.6 is 0 Å². The van der Waals surface area contributed by atoms with Gasteiger partial charge in [-0.15, -0.1) is 0 Å². The molecule has 0 aliphatic carbocycles. The molecule has 0 aliphatic rings. The Morgan fingerprint density at radius 2 is 1.34 bits per heavy atom. The maximum absolute atomic E-state index is 12.9. The maximum Gasteiger partial charge on any atom is 0.224 e. The van der Waals surface area contributed by atoms with E-state index < -0.39 is 0 Å². The van der Waals surface area contributed by atoms with E-state index in [2.05, 4.69) is 110 Å². The Labute approximate surface area is 230 Å². The van der Waals surface area contributed by atoms with Crippen LogP contribution in [0.3, 0.4) is 0 Å². The summed E-state index contributed by atoms with van der Waals surface area (Å²) in [4.78, 5) is 12.9. The fourth-order valence-corrected chi connectivity index (χ4v) is 4.98. The van der Waals surface area contributed by atoms with Crippen LogP contribution in [0, 0.1) is 19.8 Å². The predicted molar refractivity (Wildman–Crippen MR) is 162 cm³/mol. The lowest BCUT2D eigenvalue weighted by molar-refractivity contribution is -0.116. The molecular weight excluding hydrogens is 466 g/mol. The summed E-state index contributed by atoms with van der Waals surface area (Å²) < 4.78 is 0. The zero-order valence-corrected chi connectivity index (χ0v) is 25.2. The number of rotatable bonds is 7. The molecule has 3 aromatic carbocycles. The summed E-state index contributed by atoms with van der Waals surface area (Å²) in [6, 6.07) is 17.1. The van der Waals surface area contributed by atoms with Crippen LogP contribution in [0.4, 0.5) is 5.69 Å². The van der Waals surface area contributed by atoms with Gasteiger partial charge in [-0.1, -0.05) is 91.8 Å². The monoisotopic (exact) mass is 513 g/mol. The number of anilines is 1. The summed E-state index contributed by atoms with van der Waals surface area (Å²) in [6.07, 6.45) is 2.10. The lowest BCUT2D eigenvalue weighted by Crippen LogP contribution is -2.18. The molecule has 1 amide bonds. The fourth-order valence-electron chi connectivity index (χ4n) is 4.98. The number of benzene rings is 3. The van der Waals surface area contributed by atoms with Crippen LogP contribution in [0.15, 0.2) is 48.5 Å². The van der Waals surface area contributed by atoms with Crippen LogP contribution in [-0.4, -0.2) is 11.0 Å². The van der Waals surface area contributed by atoms with Crippen molar-refractivity contribution < 1.29 is 9.90 Å². The number of hydrogen-bond donors (Lipinski definition) is 2. The molecule has 0 atom stereocenters. The molecule has 0 saturated carbocycles. The van der Waals surface area contributed by atoms with Gasteiger partial charge in [0.1, 0.15) is 5.75 Å². The number of carbonyl (C=O) groups excluding carboxylic acids is 1. The summed E-state index contributed by atoms with van der Waals surface area (Å²) in [5, 5.41) is 14.1. The molecule has 0 heterocycles. The predicted octanol–water partition coefficient (Wildman–Crippen LogP) is 9.04. The van der Waals surface area contributed by atoms with Crippen LogP contribution in [0.1, 0.15) is 95.2 Å². The van der Waals surface area contributed by atoms with Gasteiger partial charge in [-0.3, -0.25) is 4.79 Å². The van der Waals surface area contributed by atoms with Crippen molar-refractivity contribution in [1.82, 2.24) is 0 Å². The Hall–Kier alpha value is -3.07. The highest BCUT2D eigenvalue weighted by Crippen LogP contribution is 2.40. The number of aryl methyl sites for hydroxylation is 3. The number of carbonyl (C=O) groups is 1. The normalized spacial score (nSPS) is 12.2. The van der Waals surface area contributed by atoms with E-state index >= 15 is 0 Å². The van der Waals surface area contributed by atoms with Crippen LogP contribution in [0.2, 0.25) is 0 Å². The van der Waals surface area contributed by atoms with Gasteiger partial charge in [0.15, 0.2) is 0 Å². The lowest BCUT2D eigenvalue weighted by Gasteiger charge is -2.28. The summed E-state index contributed by atoms with van der Waals surface area (Å²) in [6.45, 7) is 21.4. The third-order valence-electron chi connectivity index (χ3n) is 7.23. The van der Waals surface area contributed by atoms with Gasteiger partial charge in [0, 0.05) is 12.1 Å². The number of phenols is 1. The van der Waals surface area contributed by atoms with Gasteiger partial charge < -0.3 is 10.4 Å². The van der Waals surface area contributed by atoms with Crippen molar-refractivity contribution >= 4 is 11.6 Å². The third kappa shape index (κ3) is 7.28. The van der Waals surface area contributed by atoms with Gasteiger partial charge in [0.2, 0.25) is 5.91 Å². The molecule has 0 fully saturated rings. The highest BCUT2D eigenvalue weighted by molar-refractivity contribution is 5.92. The van der Waals surface area contributed by atoms with Gasteiger partial charge in [-0.05, 0) is 100 Å². The summed E-state index contributed by atoms with van der Waals surface area (Å²) >= 11 is 0.